The van der Waals surface area contributed by atoms with E-state index in [4.69, 9.17) is 100 Å². The van der Waals surface area contributed by atoms with Crippen LogP contribution in [0, 0.1) is 0 Å². The minimum Gasteiger partial charge on any atom is -0.550 e. The molecule has 0 saturated carbocycles. The summed E-state index contributed by atoms with van der Waals surface area (Å²) in [6.07, 6.45) is -16.2. The van der Waals surface area contributed by atoms with E-state index in [0.29, 0.717) is 13.0 Å². The van der Waals surface area contributed by atoms with Crippen molar-refractivity contribution in [2.24, 2.45) is 0 Å². The molecular formula is C80H106NO28Si2-3. The van der Waals surface area contributed by atoms with E-state index in [9.17, 15) is 33.6 Å². The van der Waals surface area contributed by atoms with E-state index < -0.39 is 180 Å². The van der Waals surface area contributed by atoms with E-state index in [1.165, 1.54) is 13.0 Å². The van der Waals surface area contributed by atoms with E-state index in [2.05, 4.69) is 83.8 Å². The number of hydrogen-bond acceptors (Lipinski definition) is 29. The van der Waals surface area contributed by atoms with Crippen LogP contribution in [-0.4, -0.2) is 201 Å². The molecular weight excluding hydrogens is 1480 g/mol. The van der Waals surface area contributed by atoms with Gasteiger partial charge in [-0.3, -0.25) is 33.6 Å². The van der Waals surface area contributed by atoms with Gasteiger partial charge in [-0.05, 0) is 83.4 Å². The predicted octanol–water partition coefficient (Wildman–Crippen LogP) is 3.17. The highest BCUT2D eigenvalue weighted by Gasteiger charge is 2.61. The number of aliphatic carboxylic acids is 3. The van der Waals surface area contributed by atoms with Gasteiger partial charge in [-0.1, -0.05) is 175 Å². The van der Waals surface area contributed by atoms with Gasteiger partial charge in [-0.25, -0.2) is 0 Å². The fourth-order valence-corrected chi connectivity index (χ4v) is 23.1. The summed E-state index contributed by atoms with van der Waals surface area (Å²) in [7, 11) is -6.41. The van der Waals surface area contributed by atoms with Crippen molar-refractivity contribution in [1.29, 1.82) is 0 Å². The fourth-order valence-electron chi connectivity index (χ4n) is 14.0. The summed E-state index contributed by atoms with van der Waals surface area (Å²) in [4.78, 5) is 120. The Morgan fingerprint density at radius 3 is 1.16 bits per heavy atom. The molecule has 0 radical (unpaired) electrons. The van der Waals surface area contributed by atoms with Gasteiger partial charge in [0.05, 0.1) is 32.0 Å². The maximum absolute atomic E-state index is 13.7. The molecule has 16 atom stereocenters. The summed E-state index contributed by atoms with van der Waals surface area (Å²) in [5.41, 5.74) is 1.05. The minimum absolute atomic E-state index is 0.132. The summed E-state index contributed by atoms with van der Waals surface area (Å²) in [6, 6.07) is 38.9. The molecule has 0 aromatic heterocycles. The first-order chi connectivity index (χ1) is 52.2. The number of carbonyl (C=O) groups excluding carboxylic acids is 10. The first kappa shape index (κ1) is 92.7. The van der Waals surface area contributed by atoms with Crippen LogP contribution in [0.15, 0.2) is 146 Å². The lowest BCUT2D eigenvalue weighted by Crippen LogP contribution is -2.70. The lowest BCUT2D eigenvalue weighted by atomic mass is 9.91. The first-order valence-electron chi connectivity index (χ1n) is 36.3. The lowest BCUT2D eigenvalue weighted by Gasteiger charge is -2.51. The lowest BCUT2D eigenvalue weighted by molar-refractivity contribution is -0.376. The molecule has 0 amide bonds. The normalized spacial score (nSPS) is 25.1. The molecule has 1 aliphatic carbocycles. The van der Waals surface area contributed by atoms with Crippen LogP contribution in [-0.2, 0) is 118 Å². The standard InChI is InChI=1S/C74H97NO22Si2.3C2H4O2/c1-16-40-83-70-68(92-51(8)81)65(89-48(5)78)63(60(94-70)44-86-99(74(13,14)15,57-36-25-19-26-37-57)58-38-27-20-28-39-58)97-72-69(93-52(9)82)66(90-49(6)79)62(59(95-72)43-84-46(3)76)96-71-67(91-50(7)80)64(88-47(4)77)61(45(2)87-71)75-54-31-29-30-53(41-54)42-85-98(73(10,11)12,55-32-21-17-22-33-55)56-34-23-18-24-35-56;3*1-2(3)4/h16-28,32-39,41,45,54,59-72,75H,1,29-31,40,42-44H2,2-15H3;3*1H3,(H,3,4)/p-3. The van der Waals surface area contributed by atoms with E-state index in [-0.39, 0.29) is 24.3 Å². The highest BCUT2D eigenvalue weighted by molar-refractivity contribution is 7.00. The second-order valence-electron chi connectivity index (χ2n) is 28.8. The van der Waals surface area contributed by atoms with Crippen molar-refractivity contribution < 1.29 is 134 Å². The van der Waals surface area contributed by atoms with Crippen molar-refractivity contribution in [3.8, 4) is 0 Å². The zero-order valence-corrected chi connectivity index (χ0v) is 68.0. The number of carboxylic acid groups (broad SMARTS) is 3. The van der Waals surface area contributed by atoms with Crippen LogP contribution in [0.3, 0.4) is 0 Å². The van der Waals surface area contributed by atoms with Gasteiger partial charge >= 0.3 is 41.8 Å². The molecule has 3 saturated heterocycles. The molecule has 3 heterocycles. The van der Waals surface area contributed by atoms with Gasteiger partial charge < -0.3 is 105 Å². The number of nitrogens with one attached hydrogen (secondary N) is 1. The molecule has 4 aliphatic rings. The molecule has 3 fully saturated rings. The largest absolute Gasteiger partial charge is 0.550 e. The SMILES string of the molecule is C=CCOC1OC(CO[Si](c2ccccc2)(c2ccccc2)C(C)(C)C)C(OC2OC(COC(C)=O)C(OC3OC(C)C(NC4C=C(CO[Si](c5ccccc5)(c5ccccc5)C(C)(C)C)CCC4)C(OC(C)=O)C3OC(C)=O)C(OC(C)=O)C2OC(C)=O)C(OC(C)=O)C1OC(C)=O.CC(=O)[O-].CC(=O)[O-].CC(=O)[O-]. The molecule has 4 aromatic rings. The van der Waals surface area contributed by atoms with E-state index in [1.807, 2.05) is 97.1 Å². The number of hydrogen-bond donors (Lipinski definition) is 1. The van der Waals surface area contributed by atoms with Crippen LogP contribution in [0.2, 0.25) is 10.1 Å². The summed E-state index contributed by atoms with van der Waals surface area (Å²) in [6.45, 7) is 28.4. The molecule has 31 heteroatoms. The number of esters is 7. The highest BCUT2D eigenvalue weighted by atomic mass is 28.4. The van der Waals surface area contributed by atoms with Gasteiger partial charge in [0.25, 0.3) is 16.6 Å². The first-order valence-corrected chi connectivity index (χ1v) is 40.1. The number of carbonyl (C=O) groups is 10. The molecule has 3 aliphatic heterocycles. The van der Waals surface area contributed by atoms with Crippen molar-refractivity contribution in [2.45, 2.75) is 245 Å². The third kappa shape index (κ3) is 26.9. The second-order valence-corrected chi connectivity index (χ2v) is 37.4. The third-order valence-corrected chi connectivity index (χ3v) is 27.8. The molecule has 610 valence electrons. The molecule has 111 heavy (non-hydrogen) atoms. The Morgan fingerprint density at radius 2 is 0.793 bits per heavy atom. The van der Waals surface area contributed by atoms with Crippen LogP contribution in [0.1, 0.15) is 137 Å². The Bertz CT molecular complexity index is 3620. The Balaban J connectivity index is 0.00000171. The number of rotatable bonds is 27. The van der Waals surface area contributed by atoms with Crippen LogP contribution in [0.4, 0.5) is 0 Å². The van der Waals surface area contributed by atoms with Crippen molar-refractivity contribution in [2.75, 3.05) is 26.4 Å². The summed E-state index contributed by atoms with van der Waals surface area (Å²) in [5.74, 6) is -9.15. The fraction of sp³-hybridized carbons (Fsp3) is 0.525. The molecule has 16 unspecified atom stereocenters. The maximum atomic E-state index is 13.7. The number of ether oxygens (including phenoxy) is 13. The molecule has 8 rings (SSSR count). The highest BCUT2D eigenvalue weighted by Crippen LogP contribution is 2.42. The summed E-state index contributed by atoms with van der Waals surface area (Å²) >= 11 is 0. The van der Waals surface area contributed by atoms with Gasteiger partial charge in [-0.15, -0.1) is 6.58 Å². The quantitative estimate of drug-likeness (QED) is 0.0388. The van der Waals surface area contributed by atoms with Gasteiger partial charge in [0.1, 0.15) is 31.0 Å². The van der Waals surface area contributed by atoms with E-state index in [0.717, 1.165) is 101 Å². The predicted molar refractivity (Wildman–Crippen MR) is 399 cm³/mol. The molecule has 0 bridgehead atoms. The molecule has 1 N–H and O–H groups in total. The Kier molecular flexibility index (Phi) is 36.1. The average Bonchev–Trinajstić information content (AvgIpc) is 0.757. The van der Waals surface area contributed by atoms with Crippen LogP contribution in [0.5, 0.6) is 0 Å². The van der Waals surface area contributed by atoms with Crippen molar-refractivity contribution in [1.82, 2.24) is 5.32 Å². The Hall–Kier alpha value is -8.87. The van der Waals surface area contributed by atoms with E-state index >= 15 is 0 Å². The van der Waals surface area contributed by atoms with Gasteiger partial charge in [0.2, 0.25) is 0 Å². The van der Waals surface area contributed by atoms with Gasteiger partial charge in [-0.2, -0.15) is 0 Å². The Morgan fingerprint density at radius 1 is 0.459 bits per heavy atom. The van der Waals surface area contributed by atoms with Crippen LogP contribution < -0.4 is 41.4 Å². The summed E-state index contributed by atoms with van der Waals surface area (Å²) in [5, 5.41) is 33.5. The summed E-state index contributed by atoms with van der Waals surface area (Å²) < 4.78 is 97.2. The number of benzene rings is 4. The zero-order chi connectivity index (χ0) is 82.7. The maximum Gasteiger partial charge on any atom is 0.303 e. The van der Waals surface area contributed by atoms with Crippen LogP contribution >= 0.6 is 0 Å². The van der Waals surface area contributed by atoms with Crippen molar-refractivity contribution in [3.63, 3.8) is 0 Å². The van der Waals surface area contributed by atoms with Crippen LogP contribution in [0.25, 0.3) is 0 Å². The van der Waals surface area contributed by atoms with Crippen molar-refractivity contribution in [3.05, 3.63) is 146 Å². The second kappa shape index (κ2) is 43.2. The van der Waals surface area contributed by atoms with E-state index in [1.54, 1.807) is 6.92 Å². The van der Waals surface area contributed by atoms with Gasteiger partial charge in [0.15, 0.2) is 55.5 Å². The average molecular weight is 1590 g/mol. The molecule has 29 nitrogen and oxygen atoms in total. The number of carboxylic acids is 3. The smallest absolute Gasteiger partial charge is 0.303 e. The van der Waals surface area contributed by atoms with Crippen molar-refractivity contribution >= 4 is 97.1 Å². The molecule has 0 spiro atoms. The zero-order valence-electron chi connectivity index (χ0n) is 66.0. The third-order valence-electron chi connectivity index (χ3n) is 17.8. The van der Waals surface area contributed by atoms with Gasteiger partial charge in [0, 0.05) is 72.4 Å². The topological polar surface area (TPSA) is 390 Å². The minimum atomic E-state index is -3.47. The molecule has 4 aromatic carbocycles. The Labute approximate surface area is 650 Å². The monoisotopic (exact) mass is 1580 g/mol.